The van der Waals surface area contributed by atoms with Gasteiger partial charge in [0.15, 0.2) is 0 Å². The molecule has 0 spiro atoms. The molecule has 4 heteroatoms. The molecule has 0 aliphatic heterocycles. The molecule has 0 radical (unpaired) electrons. The summed E-state index contributed by atoms with van der Waals surface area (Å²) in [5.74, 6) is -0.0951. The first-order valence-electron chi connectivity index (χ1n) is 8.63. The van der Waals surface area contributed by atoms with Gasteiger partial charge in [-0.25, -0.2) is 0 Å². The van der Waals surface area contributed by atoms with E-state index in [2.05, 4.69) is 17.1 Å². The van der Waals surface area contributed by atoms with Crippen molar-refractivity contribution in [2.75, 3.05) is 6.54 Å². The molecule has 0 aliphatic rings. The highest BCUT2D eigenvalue weighted by Gasteiger charge is 2.19. The highest BCUT2D eigenvalue weighted by Crippen LogP contribution is 2.19. The normalized spacial score (nSPS) is 10.5. The number of hydrogen-bond donors (Lipinski definition) is 0. The number of carbonyl (C=O) groups is 1. The third-order valence-corrected chi connectivity index (χ3v) is 4.55. The molecule has 1 aromatic heterocycles. The average molecular weight is 365 g/mol. The van der Waals surface area contributed by atoms with Crippen molar-refractivity contribution in [1.29, 1.82) is 0 Å². The SMILES string of the molecule is Cc1cc(Cl)c(C(=O)N(CCc2ccccc2)Cc2ccccc2)cn1. The third-order valence-electron chi connectivity index (χ3n) is 4.24. The van der Waals surface area contributed by atoms with E-state index in [0.29, 0.717) is 23.7 Å². The molecule has 0 saturated carbocycles. The van der Waals surface area contributed by atoms with E-state index in [1.807, 2.05) is 60.4 Å². The first-order valence-corrected chi connectivity index (χ1v) is 9.00. The molecule has 0 N–H and O–H groups in total. The summed E-state index contributed by atoms with van der Waals surface area (Å²) in [6.45, 7) is 3.01. The number of rotatable bonds is 6. The minimum atomic E-state index is -0.0951. The summed E-state index contributed by atoms with van der Waals surface area (Å²) in [7, 11) is 0. The zero-order chi connectivity index (χ0) is 18.4. The van der Waals surface area contributed by atoms with Gasteiger partial charge in [0.05, 0.1) is 10.6 Å². The molecule has 2 aromatic carbocycles. The van der Waals surface area contributed by atoms with E-state index in [9.17, 15) is 4.79 Å². The fraction of sp³-hybridized carbons (Fsp3) is 0.182. The van der Waals surface area contributed by atoms with Crippen molar-refractivity contribution in [3.05, 3.63) is 100 Å². The zero-order valence-corrected chi connectivity index (χ0v) is 15.5. The maximum absolute atomic E-state index is 13.1. The number of halogens is 1. The van der Waals surface area contributed by atoms with Gasteiger partial charge < -0.3 is 4.90 Å². The number of pyridine rings is 1. The Morgan fingerprint density at radius 1 is 1.00 bits per heavy atom. The predicted octanol–water partition coefficient (Wildman–Crippen LogP) is 4.93. The van der Waals surface area contributed by atoms with Gasteiger partial charge in [0.2, 0.25) is 0 Å². The van der Waals surface area contributed by atoms with Gasteiger partial charge in [0, 0.05) is 25.0 Å². The Balaban J connectivity index is 1.82. The van der Waals surface area contributed by atoms with E-state index in [0.717, 1.165) is 17.7 Å². The topological polar surface area (TPSA) is 33.2 Å². The molecular formula is C22H21ClN2O. The predicted molar refractivity (Wildman–Crippen MR) is 105 cm³/mol. The molecule has 3 aromatic rings. The molecule has 1 heterocycles. The van der Waals surface area contributed by atoms with E-state index in [1.165, 1.54) is 5.56 Å². The van der Waals surface area contributed by atoms with Gasteiger partial charge in [0.25, 0.3) is 5.91 Å². The lowest BCUT2D eigenvalue weighted by molar-refractivity contribution is 0.0745. The molecule has 0 atom stereocenters. The van der Waals surface area contributed by atoms with Gasteiger partial charge in [-0.2, -0.15) is 0 Å². The zero-order valence-electron chi connectivity index (χ0n) is 14.7. The fourth-order valence-electron chi connectivity index (χ4n) is 2.82. The van der Waals surface area contributed by atoms with Crippen LogP contribution in [0.15, 0.2) is 72.9 Å². The van der Waals surface area contributed by atoms with E-state index in [-0.39, 0.29) is 5.91 Å². The number of amides is 1. The van der Waals surface area contributed by atoms with Crippen LogP contribution in [0.25, 0.3) is 0 Å². The molecule has 0 saturated heterocycles. The molecule has 0 aliphatic carbocycles. The minimum absolute atomic E-state index is 0.0951. The number of carbonyl (C=O) groups excluding carboxylic acids is 1. The van der Waals surface area contributed by atoms with Crippen LogP contribution in [-0.2, 0) is 13.0 Å². The van der Waals surface area contributed by atoms with Crippen LogP contribution in [-0.4, -0.2) is 22.3 Å². The molecule has 26 heavy (non-hydrogen) atoms. The smallest absolute Gasteiger partial charge is 0.257 e. The Morgan fingerprint density at radius 3 is 2.23 bits per heavy atom. The number of aryl methyl sites for hydroxylation is 1. The summed E-state index contributed by atoms with van der Waals surface area (Å²) in [4.78, 5) is 19.2. The Bertz CT molecular complexity index is 866. The maximum atomic E-state index is 13.1. The van der Waals surface area contributed by atoms with Gasteiger partial charge in [0.1, 0.15) is 0 Å². The van der Waals surface area contributed by atoms with Crippen molar-refractivity contribution in [1.82, 2.24) is 9.88 Å². The second-order valence-corrected chi connectivity index (χ2v) is 6.66. The van der Waals surface area contributed by atoms with Gasteiger partial charge in [-0.3, -0.25) is 9.78 Å². The highest BCUT2D eigenvalue weighted by molar-refractivity contribution is 6.33. The van der Waals surface area contributed by atoms with Crippen LogP contribution in [0.4, 0.5) is 0 Å². The molecule has 3 rings (SSSR count). The van der Waals surface area contributed by atoms with Crippen LogP contribution in [0, 0.1) is 6.92 Å². The number of benzene rings is 2. The number of aromatic nitrogens is 1. The molecular weight excluding hydrogens is 344 g/mol. The second kappa shape index (κ2) is 8.63. The van der Waals surface area contributed by atoms with E-state index < -0.39 is 0 Å². The lowest BCUT2D eigenvalue weighted by atomic mass is 10.1. The van der Waals surface area contributed by atoms with E-state index >= 15 is 0 Å². The van der Waals surface area contributed by atoms with Crippen molar-refractivity contribution in [3.63, 3.8) is 0 Å². The van der Waals surface area contributed by atoms with Crippen molar-refractivity contribution in [2.45, 2.75) is 19.9 Å². The first kappa shape index (κ1) is 18.2. The van der Waals surface area contributed by atoms with Crippen molar-refractivity contribution in [3.8, 4) is 0 Å². The lowest BCUT2D eigenvalue weighted by Gasteiger charge is -2.23. The number of nitrogens with zero attached hydrogens (tertiary/aromatic N) is 2. The third kappa shape index (κ3) is 4.70. The van der Waals surface area contributed by atoms with Gasteiger partial charge in [-0.15, -0.1) is 0 Å². The molecule has 1 amide bonds. The summed E-state index contributed by atoms with van der Waals surface area (Å²) < 4.78 is 0. The second-order valence-electron chi connectivity index (χ2n) is 6.25. The largest absolute Gasteiger partial charge is 0.334 e. The summed E-state index contributed by atoms with van der Waals surface area (Å²) >= 11 is 6.30. The lowest BCUT2D eigenvalue weighted by Crippen LogP contribution is -2.32. The van der Waals surface area contributed by atoms with Gasteiger partial charge in [-0.05, 0) is 30.5 Å². The summed E-state index contributed by atoms with van der Waals surface area (Å²) in [6.07, 6.45) is 2.36. The Kier molecular flexibility index (Phi) is 6.03. The fourth-order valence-corrected chi connectivity index (χ4v) is 3.11. The van der Waals surface area contributed by atoms with Crippen molar-refractivity contribution >= 4 is 17.5 Å². The highest BCUT2D eigenvalue weighted by atomic mass is 35.5. The average Bonchev–Trinajstić information content (AvgIpc) is 2.66. The van der Waals surface area contributed by atoms with Crippen LogP contribution in [0.2, 0.25) is 5.02 Å². The van der Waals surface area contributed by atoms with Crippen LogP contribution >= 0.6 is 11.6 Å². The Labute approximate surface area is 159 Å². The summed E-state index contributed by atoms with van der Waals surface area (Å²) in [6, 6.07) is 21.9. The number of hydrogen-bond acceptors (Lipinski definition) is 2. The molecule has 0 fully saturated rings. The van der Waals surface area contributed by atoms with Crippen LogP contribution in [0.3, 0.4) is 0 Å². The van der Waals surface area contributed by atoms with Gasteiger partial charge in [-0.1, -0.05) is 72.3 Å². The standard InChI is InChI=1S/C22H21ClN2O/c1-17-14-21(23)20(15-24-17)22(26)25(16-19-10-6-3-7-11-19)13-12-18-8-4-2-5-9-18/h2-11,14-15H,12-13,16H2,1H3. The molecule has 132 valence electrons. The quantitative estimate of drug-likeness (QED) is 0.621. The van der Waals surface area contributed by atoms with E-state index in [4.69, 9.17) is 11.6 Å². The summed E-state index contributed by atoms with van der Waals surface area (Å²) in [5.41, 5.74) is 3.53. The maximum Gasteiger partial charge on any atom is 0.257 e. The van der Waals surface area contributed by atoms with Crippen LogP contribution < -0.4 is 0 Å². The Morgan fingerprint density at radius 2 is 1.62 bits per heavy atom. The van der Waals surface area contributed by atoms with Crippen LogP contribution in [0.1, 0.15) is 27.2 Å². The Hall–Kier alpha value is -2.65. The summed E-state index contributed by atoms with van der Waals surface area (Å²) in [5, 5.41) is 0.445. The molecule has 0 unspecified atom stereocenters. The van der Waals surface area contributed by atoms with Crippen molar-refractivity contribution in [2.24, 2.45) is 0 Å². The van der Waals surface area contributed by atoms with Crippen molar-refractivity contribution < 1.29 is 4.79 Å². The molecule has 3 nitrogen and oxygen atoms in total. The monoisotopic (exact) mass is 364 g/mol. The molecule has 0 bridgehead atoms. The van der Waals surface area contributed by atoms with Crippen LogP contribution in [0.5, 0.6) is 0 Å². The van der Waals surface area contributed by atoms with E-state index in [1.54, 1.807) is 12.3 Å². The van der Waals surface area contributed by atoms with Gasteiger partial charge >= 0.3 is 0 Å². The first-order chi connectivity index (χ1) is 12.6. The minimum Gasteiger partial charge on any atom is -0.334 e.